The van der Waals surface area contributed by atoms with Crippen LogP contribution in [0.4, 0.5) is 0 Å². The third kappa shape index (κ3) is 2.58. The monoisotopic (exact) mass is 268 g/mol. The summed E-state index contributed by atoms with van der Waals surface area (Å²) in [5.74, 6) is 0. The lowest BCUT2D eigenvalue weighted by molar-refractivity contribution is 0.464. The van der Waals surface area contributed by atoms with E-state index in [4.69, 9.17) is 0 Å². The minimum absolute atomic E-state index is 0.272. The van der Waals surface area contributed by atoms with Crippen molar-refractivity contribution in [3.05, 3.63) is 29.8 Å². The molecule has 1 aromatic carbocycles. The lowest BCUT2D eigenvalue weighted by Crippen LogP contribution is -2.33. The van der Waals surface area contributed by atoms with Crippen LogP contribution < -0.4 is 5.32 Å². The van der Waals surface area contributed by atoms with E-state index in [9.17, 15) is 8.42 Å². The standard InChI is InChI=1S/C13H20N2O2S/c1-3-11-5-4-6-13(9-11)18(16,17)15-8-7-12(10-15)14-2/h4-6,9,12,14H,3,7-8,10H2,1-2H3. The fraction of sp³-hybridized carbons (Fsp3) is 0.538. The van der Waals surface area contributed by atoms with Gasteiger partial charge in [-0.25, -0.2) is 8.42 Å². The van der Waals surface area contributed by atoms with Crippen molar-refractivity contribution in [2.75, 3.05) is 20.1 Å². The molecule has 1 aromatic rings. The average Bonchev–Trinajstić information content (AvgIpc) is 2.88. The van der Waals surface area contributed by atoms with E-state index < -0.39 is 10.0 Å². The Kier molecular flexibility index (Phi) is 4.04. The minimum Gasteiger partial charge on any atom is -0.316 e. The molecule has 18 heavy (non-hydrogen) atoms. The second kappa shape index (κ2) is 5.38. The van der Waals surface area contributed by atoms with Crippen LogP contribution in [-0.2, 0) is 16.4 Å². The van der Waals surface area contributed by atoms with Crippen LogP contribution in [-0.4, -0.2) is 38.9 Å². The maximum absolute atomic E-state index is 12.5. The van der Waals surface area contributed by atoms with Crippen molar-refractivity contribution in [1.82, 2.24) is 9.62 Å². The van der Waals surface area contributed by atoms with Crippen molar-refractivity contribution < 1.29 is 8.42 Å². The Labute approximate surface area is 109 Å². The first-order valence-corrected chi connectivity index (χ1v) is 7.78. The molecule has 0 radical (unpaired) electrons. The summed E-state index contributed by atoms with van der Waals surface area (Å²) in [7, 11) is -1.45. The number of nitrogens with one attached hydrogen (secondary N) is 1. The van der Waals surface area contributed by atoms with Crippen molar-refractivity contribution in [1.29, 1.82) is 0 Å². The fourth-order valence-corrected chi connectivity index (χ4v) is 3.83. The molecular formula is C13H20N2O2S. The maximum atomic E-state index is 12.5. The van der Waals surface area contributed by atoms with Gasteiger partial charge < -0.3 is 5.32 Å². The third-order valence-corrected chi connectivity index (χ3v) is 5.36. The summed E-state index contributed by atoms with van der Waals surface area (Å²) in [6, 6.07) is 7.51. The predicted octanol–water partition coefficient (Wildman–Crippen LogP) is 1.23. The normalized spacial score (nSPS) is 21.3. The second-order valence-electron chi connectivity index (χ2n) is 4.64. The van der Waals surface area contributed by atoms with Gasteiger partial charge in [-0.05, 0) is 37.6 Å². The lowest BCUT2D eigenvalue weighted by Gasteiger charge is -2.17. The molecule has 100 valence electrons. The average molecular weight is 268 g/mol. The third-order valence-electron chi connectivity index (χ3n) is 3.50. The molecule has 0 saturated carbocycles. The van der Waals surface area contributed by atoms with E-state index >= 15 is 0 Å². The number of hydrogen-bond acceptors (Lipinski definition) is 3. The number of sulfonamides is 1. The highest BCUT2D eigenvalue weighted by molar-refractivity contribution is 7.89. The molecule has 1 unspecified atom stereocenters. The molecule has 1 heterocycles. The fourth-order valence-electron chi connectivity index (χ4n) is 2.26. The van der Waals surface area contributed by atoms with E-state index in [1.54, 1.807) is 16.4 Å². The number of aryl methyl sites for hydroxylation is 1. The van der Waals surface area contributed by atoms with Crippen LogP contribution in [0, 0.1) is 0 Å². The summed E-state index contributed by atoms with van der Waals surface area (Å²) in [6.07, 6.45) is 1.73. The molecule has 0 amide bonds. The van der Waals surface area contributed by atoms with Crippen molar-refractivity contribution >= 4 is 10.0 Å². The summed E-state index contributed by atoms with van der Waals surface area (Å²) in [6.45, 7) is 3.19. The smallest absolute Gasteiger partial charge is 0.243 e. The molecule has 1 saturated heterocycles. The molecule has 4 nitrogen and oxygen atoms in total. The van der Waals surface area contributed by atoms with Gasteiger partial charge >= 0.3 is 0 Å². The molecule has 5 heteroatoms. The van der Waals surface area contributed by atoms with Gasteiger partial charge in [-0.2, -0.15) is 4.31 Å². The molecule has 1 aliphatic rings. The van der Waals surface area contributed by atoms with E-state index in [0.717, 1.165) is 18.4 Å². The maximum Gasteiger partial charge on any atom is 0.243 e. The number of rotatable bonds is 4. The van der Waals surface area contributed by atoms with E-state index in [1.165, 1.54) is 0 Å². The quantitative estimate of drug-likeness (QED) is 0.893. The van der Waals surface area contributed by atoms with Gasteiger partial charge in [-0.3, -0.25) is 0 Å². The summed E-state index contributed by atoms with van der Waals surface area (Å²) in [5.41, 5.74) is 1.06. The molecule has 1 N–H and O–H groups in total. The van der Waals surface area contributed by atoms with Gasteiger partial charge in [0.15, 0.2) is 0 Å². The molecule has 1 fully saturated rings. The van der Waals surface area contributed by atoms with Crippen LogP contribution in [0.3, 0.4) is 0 Å². The first kappa shape index (κ1) is 13.5. The summed E-state index contributed by atoms with van der Waals surface area (Å²) in [4.78, 5) is 0.415. The first-order chi connectivity index (χ1) is 8.57. The van der Waals surface area contributed by atoms with Gasteiger partial charge in [0.25, 0.3) is 0 Å². The zero-order valence-electron chi connectivity index (χ0n) is 10.9. The zero-order chi connectivity index (χ0) is 13.2. The molecule has 0 aromatic heterocycles. The highest BCUT2D eigenvalue weighted by Gasteiger charge is 2.31. The highest BCUT2D eigenvalue weighted by atomic mass is 32.2. The minimum atomic E-state index is -3.32. The summed E-state index contributed by atoms with van der Waals surface area (Å²) >= 11 is 0. The van der Waals surface area contributed by atoms with Crippen LogP contribution in [0.2, 0.25) is 0 Å². The Balaban J connectivity index is 2.25. The van der Waals surface area contributed by atoms with Gasteiger partial charge in [-0.15, -0.1) is 0 Å². The van der Waals surface area contributed by atoms with E-state index in [2.05, 4.69) is 5.32 Å². The van der Waals surface area contributed by atoms with Crippen LogP contribution in [0.5, 0.6) is 0 Å². The Morgan fingerprint density at radius 1 is 1.44 bits per heavy atom. The Bertz CT molecular complexity index is 513. The lowest BCUT2D eigenvalue weighted by atomic mass is 10.2. The molecule has 1 atom stereocenters. The van der Waals surface area contributed by atoms with Gasteiger partial charge in [-0.1, -0.05) is 19.1 Å². The van der Waals surface area contributed by atoms with Crippen molar-refractivity contribution in [2.45, 2.75) is 30.7 Å². The second-order valence-corrected chi connectivity index (χ2v) is 6.58. The van der Waals surface area contributed by atoms with Gasteiger partial charge in [0.1, 0.15) is 0 Å². The van der Waals surface area contributed by atoms with Crippen molar-refractivity contribution in [2.24, 2.45) is 0 Å². The number of hydrogen-bond donors (Lipinski definition) is 1. The van der Waals surface area contributed by atoms with E-state index in [0.29, 0.717) is 18.0 Å². The van der Waals surface area contributed by atoms with Crippen LogP contribution >= 0.6 is 0 Å². The van der Waals surface area contributed by atoms with Crippen LogP contribution in [0.25, 0.3) is 0 Å². The highest BCUT2D eigenvalue weighted by Crippen LogP contribution is 2.21. The largest absolute Gasteiger partial charge is 0.316 e. The van der Waals surface area contributed by atoms with Crippen LogP contribution in [0.1, 0.15) is 18.9 Å². The van der Waals surface area contributed by atoms with Gasteiger partial charge in [0.05, 0.1) is 4.90 Å². The first-order valence-electron chi connectivity index (χ1n) is 6.34. The number of benzene rings is 1. The predicted molar refractivity (Wildman–Crippen MR) is 72.0 cm³/mol. The van der Waals surface area contributed by atoms with Crippen molar-refractivity contribution in [3.8, 4) is 0 Å². The van der Waals surface area contributed by atoms with Gasteiger partial charge in [0.2, 0.25) is 10.0 Å². The Morgan fingerprint density at radius 3 is 2.83 bits per heavy atom. The molecule has 0 bridgehead atoms. The summed E-state index contributed by atoms with van der Waals surface area (Å²) in [5, 5.41) is 3.13. The van der Waals surface area contributed by atoms with E-state index in [1.807, 2.05) is 26.1 Å². The summed E-state index contributed by atoms with van der Waals surface area (Å²) < 4.78 is 26.5. The Morgan fingerprint density at radius 2 is 2.22 bits per heavy atom. The number of likely N-dealkylation sites (N-methyl/N-ethyl adjacent to an activating group) is 1. The number of nitrogens with zero attached hydrogens (tertiary/aromatic N) is 1. The zero-order valence-corrected chi connectivity index (χ0v) is 11.7. The van der Waals surface area contributed by atoms with Crippen LogP contribution in [0.15, 0.2) is 29.2 Å². The molecular weight excluding hydrogens is 248 g/mol. The topological polar surface area (TPSA) is 49.4 Å². The van der Waals surface area contributed by atoms with Crippen molar-refractivity contribution in [3.63, 3.8) is 0 Å². The SMILES string of the molecule is CCc1cccc(S(=O)(=O)N2CCC(NC)C2)c1. The molecule has 1 aliphatic heterocycles. The Hall–Kier alpha value is -0.910. The molecule has 0 aliphatic carbocycles. The van der Waals surface area contributed by atoms with Gasteiger partial charge in [0, 0.05) is 19.1 Å². The molecule has 0 spiro atoms. The molecule has 2 rings (SSSR count). The van der Waals surface area contributed by atoms with E-state index in [-0.39, 0.29) is 6.04 Å².